The Labute approximate surface area is 132 Å². The van der Waals surface area contributed by atoms with Crippen molar-refractivity contribution in [1.29, 1.82) is 0 Å². The lowest BCUT2D eigenvalue weighted by Crippen LogP contribution is -2.44. The molecule has 0 aliphatic rings. The Bertz CT molecular complexity index is 550. The van der Waals surface area contributed by atoms with Gasteiger partial charge in [0.2, 0.25) is 5.91 Å². The summed E-state index contributed by atoms with van der Waals surface area (Å²) in [7, 11) is 1.31. The molecule has 1 rings (SSSR count). The van der Waals surface area contributed by atoms with Gasteiger partial charge >= 0.3 is 5.97 Å². The summed E-state index contributed by atoms with van der Waals surface area (Å²) in [6.07, 6.45) is 0.654. The number of nitrogens with one attached hydrogen (secondary N) is 1. The zero-order valence-corrected chi connectivity index (χ0v) is 13.6. The topological polar surface area (TPSA) is 55.4 Å². The van der Waals surface area contributed by atoms with E-state index in [1.165, 1.54) is 13.2 Å². The lowest BCUT2D eigenvalue weighted by Gasteiger charge is -2.25. The van der Waals surface area contributed by atoms with Crippen LogP contribution in [0.4, 0.5) is 8.78 Å². The van der Waals surface area contributed by atoms with E-state index in [0.29, 0.717) is 11.3 Å². The number of thioether (sulfide) groups is 1. The Balaban J connectivity index is 2.44. The first-order valence-electron chi connectivity index (χ1n) is 6.69. The highest BCUT2D eigenvalue weighted by Crippen LogP contribution is 2.20. The predicted molar refractivity (Wildman–Crippen MR) is 80.6 cm³/mol. The molecule has 1 aromatic carbocycles. The van der Waals surface area contributed by atoms with Crippen molar-refractivity contribution in [2.45, 2.75) is 37.1 Å². The summed E-state index contributed by atoms with van der Waals surface area (Å²) in [5.41, 5.74) is -0.556. The number of hydrogen-bond acceptors (Lipinski definition) is 4. The van der Waals surface area contributed by atoms with Crippen molar-refractivity contribution in [3.05, 3.63) is 29.8 Å². The van der Waals surface area contributed by atoms with Crippen LogP contribution in [0, 0.1) is 11.6 Å². The van der Waals surface area contributed by atoms with Crippen LogP contribution < -0.4 is 5.32 Å². The van der Waals surface area contributed by atoms with Gasteiger partial charge in [-0.3, -0.25) is 9.59 Å². The van der Waals surface area contributed by atoms with E-state index in [1.54, 1.807) is 13.8 Å². The zero-order valence-electron chi connectivity index (χ0n) is 12.7. The first-order valence-corrected chi connectivity index (χ1v) is 7.68. The Morgan fingerprint density at radius 1 is 1.27 bits per heavy atom. The monoisotopic (exact) mass is 331 g/mol. The molecule has 1 amide bonds. The number of ether oxygens (including phenoxy) is 1. The highest BCUT2D eigenvalue weighted by molar-refractivity contribution is 8.00. The van der Waals surface area contributed by atoms with Crippen molar-refractivity contribution in [3.63, 3.8) is 0 Å². The van der Waals surface area contributed by atoms with E-state index in [-0.39, 0.29) is 24.1 Å². The van der Waals surface area contributed by atoms with Gasteiger partial charge in [-0.1, -0.05) is 0 Å². The van der Waals surface area contributed by atoms with Crippen LogP contribution in [-0.2, 0) is 14.3 Å². The van der Waals surface area contributed by atoms with Crippen molar-refractivity contribution in [2.24, 2.45) is 0 Å². The third-order valence-electron chi connectivity index (χ3n) is 2.92. The standard InChI is InChI=1S/C15H19F2NO3S/c1-15(2,7-6-14(20)21-3)18-13(19)9-22-10-4-5-11(16)12(17)8-10/h4-5,8H,6-7,9H2,1-3H3,(H,18,19). The Morgan fingerprint density at radius 2 is 1.95 bits per heavy atom. The molecule has 22 heavy (non-hydrogen) atoms. The first-order chi connectivity index (χ1) is 10.2. The molecule has 0 spiro atoms. The molecule has 0 radical (unpaired) electrons. The number of methoxy groups -OCH3 is 1. The van der Waals surface area contributed by atoms with E-state index in [0.717, 1.165) is 23.9 Å². The fourth-order valence-corrected chi connectivity index (χ4v) is 2.43. The molecule has 0 fully saturated rings. The van der Waals surface area contributed by atoms with Gasteiger partial charge in [-0.05, 0) is 38.5 Å². The first kappa shape index (κ1) is 18.4. The van der Waals surface area contributed by atoms with E-state index in [9.17, 15) is 18.4 Å². The van der Waals surface area contributed by atoms with Crippen molar-refractivity contribution < 1.29 is 23.1 Å². The zero-order chi connectivity index (χ0) is 16.8. The van der Waals surface area contributed by atoms with Gasteiger partial charge in [0.1, 0.15) is 0 Å². The van der Waals surface area contributed by atoms with Gasteiger partial charge in [0.25, 0.3) is 0 Å². The molecule has 7 heteroatoms. The van der Waals surface area contributed by atoms with Crippen molar-refractivity contribution in [1.82, 2.24) is 5.32 Å². The molecule has 4 nitrogen and oxygen atoms in total. The maximum absolute atomic E-state index is 13.1. The largest absolute Gasteiger partial charge is 0.469 e. The predicted octanol–water partition coefficient (Wildman–Crippen LogP) is 2.90. The maximum Gasteiger partial charge on any atom is 0.305 e. The second-order valence-corrected chi connectivity index (χ2v) is 6.42. The van der Waals surface area contributed by atoms with E-state index >= 15 is 0 Å². The van der Waals surface area contributed by atoms with Crippen LogP contribution >= 0.6 is 11.8 Å². The van der Waals surface area contributed by atoms with E-state index < -0.39 is 17.2 Å². The summed E-state index contributed by atoms with van der Waals surface area (Å²) in [5.74, 6) is -2.36. The molecule has 0 saturated carbocycles. The highest BCUT2D eigenvalue weighted by atomic mass is 32.2. The van der Waals surface area contributed by atoms with Gasteiger partial charge in [-0.25, -0.2) is 8.78 Å². The van der Waals surface area contributed by atoms with Gasteiger partial charge < -0.3 is 10.1 Å². The number of rotatable bonds is 7. The summed E-state index contributed by atoms with van der Waals surface area (Å²) < 4.78 is 30.4. The van der Waals surface area contributed by atoms with Crippen LogP contribution in [0.2, 0.25) is 0 Å². The van der Waals surface area contributed by atoms with Gasteiger partial charge in [0.15, 0.2) is 11.6 Å². The Morgan fingerprint density at radius 3 is 2.55 bits per heavy atom. The smallest absolute Gasteiger partial charge is 0.305 e. The van der Waals surface area contributed by atoms with E-state index in [4.69, 9.17) is 0 Å². The molecule has 0 atom stereocenters. The summed E-state index contributed by atoms with van der Waals surface area (Å²) in [4.78, 5) is 23.5. The number of carbonyl (C=O) groups excluding carboxylic acids is 2. The molecule has 0 heterocycles. The average molecular weight is 331 g/mol. The van der Waals surface area contributed by atoms with Gasteiger partial charge in [0.05, 0.1) is 12.9 Å². The number of carbonyl (C=O) groups is 2. The maximum atomic E-state index is 13.1. The molecular formula is C15H19F2NO3S. The van der Waals surface area contributed by atoms with Crippen LogP contribution in [0.5, 0.6) is 0 Å². The fourth-order valence-electron chi connectivity index (χ4n) is 1.71. The summed E-state index contributed by atoms with van der Waals surface area (Å²) in [5, 5.41) is 2.80. The molecule has 0 aliphatic carbocycles. The van der Waals surface area contributed by atoms with E-state index in [2.05, 4.69) is 10.1 Å². The minimum absolute atomic E-state index is 0.0761. The second kappa shape index (κ2) is 8.12. The normalized spacial score (nSPS) is 11.1. The molecular weight excluding hydrogens is 312 g/mol. The lowest BCUT2D eigenvalue weighted by atomic mass is 9.98. The average Bonchev–Trinajstić information content (AvgIpc) is 2.45. The quantitative estimate of drug-likeness (QED) is 0.616. The fraction of sp³-hybridized carbons (Fsp3) is 0.467. The second-order valence-electron chi connectivity index (χ2n) is 5.37. The summed E-state index contributed by atoms with van der Waals surface area (Å²) in [6.45, 7) is 3.60. The van der Waals surface area contributed by atoms with Crippen LogP contribution in [0.25, 0.3) is 0 Å². The SMILES string of the molecule is COC(=O)CCC(C)(C)NC(=O)CSc1ccc(F)c(F)c1. The Hall–Kier alpha value is -1.63. The van der Waals surface area contributed by atoms with Crippen molar-refractivity contribution in [2.75, 3.05) is 12.9 Å². The van der Waals surface area contributed by atoms with Crippen molar-refractivity contribution >= 4 is 23.6 Å². The molecule has 0 aliphatic heterocycles. The lowest BCUT2D eigenvalue weighted by molar-refractivity contribution is -0.141. The van der Waals surface area contributed by atoms with Crippen molar-refractivity contribution in [3.8, 4) is 0 Å². The summed E-state index contributed by atoms with van der Waals surface area (Å²) in [6, 6.07) is 3.49. The number of halogens is 2. The van der Waals surface area contributed by atoms with Gasteiger partial charge in [-0.2, -0.15) is 0 Å². The number of esters is 1. The molecule has 1 N–H and O–H groups in total. The number of hydrogen-bond donors (Lipinski definition) is 1. The Kier molecular flexibility index (Phi) is 6.80. The van der Waals surface area contributed by atoms with Crippen LogP contribution in [0.1, 0.15) is 26.7 Å². The van der Waals surface area contributed by atoms with Crippen LogP contribution in [0.15, 0.2) is 23.1 Å². The number of benzene rings is 1. The minimum Gasteiger partial charge on any atom is -0.469 e. The van der Waals surface area contributed by atoms with Gasteiger partial charge in [-0.15, -0.1) is 11.8 Å². The third-order valence-corrected chi connectivity index (χ3v) is 3.91. The molecule has 0 bridgehead atoms. The van der Waals surface area contributed by atoms with E-state index in [1.807, 2.05) is 0 Å². The molecule has 1 aromatic rings. The third kappa shape index (κ3) is 6.43. The summed E-state index contributed by atoms with van der Waals surface area (Å²) >= 11 is 1.11. The minimum atomic E-state index is -0.941. The van der Waals surface area contributed by atoms with Crippen LogP contribution in [0.3, 0.4) is 0 Å². The number of amides is 1. The molecule has 0 saturated heterocycles. The van der Waals surface area contributed by atoms with Crippen LogP contribution in [-0.4, -0.2) is 30.3 Å². The molecule has 0 aromatic heterocycles. The molecule has 122 valence electrons. The highest BCUT2D eigenvalue weighted by Gasteiger charge is 2.21. The molecule has 0 unspecified atom stereocenters. The van der Waals surface area contributed by atoms with Gasteiger partial charge in [0, 0.05) is 16.9 Å².